The standard InChI is InChI=1S/C19H23NO4/c1-4-23-16-9-10-18(24-5-2)17(12-16)20-19(21)15-8-6-7-14(11-15)13-22-3/h6-12H,4-5,13H2,1-3H3,(H,20,21). The molecule has 5 heteroatoms. The Morgan fingerprint density at radius 3 is 2.54 bits per heavy atom. The van der Waals surface area contributed by atoms with Crippen molar-refractivity contribution in [2.75, 3.05) is 25.6 Å². The largest absolute Gasteiger partial charge is 0.494 e. The summed E-state index contributed by atoms with van der Waals surface area (Å²) in [5.41, 5.74) is 2.09. The van der Waals surface area contributed by atoms with Crippen LogP contribution in [0.3, 0.4) is 0 Å². The van der Waals surface area contributed by atoms with Crippen LogP contribution in [0.4, 0.5) is 5.69 Å². The predicted molar refractivity (Wildman–Crippen MR) is 93.9 cm³/mol. The number of hydrogen-bond acceptors (Lipinski definition) is 4. The van der Waals surface area contributed by atoms with Crippen molar-refractivity contribution in [2.24, 2.45) is 0 Å². The molecule has 0 aliphatic carbocycles. The summed E-state index contributed by atoms with van der Waals surface area (Å²) >= 11 is 0. The van der Waals surface area contributed by atoms with Gasteiger partial charge in [-0.1, -0.05) is 12.1 Å². The second kappa shape index (κ2) is 8.93. The van der Waals surface area contributed by atoms with Gasteiger partial charge in [0.25, 0.3) is 5.91 Å². The van der Waals surface area contributed by atoms with E-state index in [1.54, 1.807) is 25.3 Å². The highest BCUT2D eigenvalue weighted by Crippen LogP contribution is 2.30. The first-order chi connectivity index (χ1) is 11.7. The van der Waals surface area contributed by atoms with Crippen LogP contribution < -0.4 is 14.8 Å². The fraction of sp³-hybridized carbons (Fsp3) is 0.316. The second-order valence-corrected chi connectivity index (χ2v) is 5.11. The summed E-state index contributed by atoms with van der Waals surface area (Å²) in [6.07, 6.45) is 0. The van der Waals surface area contributed by atoms with Gasteiger partial charge in [0.05, 0.1) is 25.5 Å². The van der Waals surface area contributed by atoms with Crippen LogP contribution in [0.5, 0.6) is 11.5 Å². The van der Waals surface area contributed by atoms with Crippen molar-refractivity contribution in [3.8, 4) is 11.5 Å². The summed E-state index contributed by atoms with van der Waals surface area (Å²) in [5, 5.41) is 2.90. The van der Waals surface area contributed by atoms with Crippen molar-refractivity contribution in [3.05, 3.63) is 53.6 Å². The number of hydrogen-bond donors (Lipinski definition) is 1. The first-order valence-corrected chi connectivity index (χ1v) is 7.96. The molecule has 0 saturated carbocycles. The molecular weight excluding hydrogens is 306 g/mol. The van der Waals surface area contributed by atoms with E-state index in [4.69, 9.17) is 14.2 Å². The van der Waals surface area contributed by atoms with E-state index in [0.717, 1.165) is 5.56 Å². The Hall–Kier alpha value is -2.53. The van der Waals surface area contributed by atoms with Gasteiger partial charge in [-0.15, -0.1) is 0 Å². The average molecular weight is 329 g/mol. The van der Waals surface area contributed by atoms with Crippen molar-refractivity contribution < 1.29 is 19.0 Å². The number of methoxy groups -OCH3 is 1. The van der Waals surface area contributed by atoms with E-state index < -0.39 is 0 Å². The monoisotopic (exact) mass is 329 g/mol. The van der Waals surface area contributed by atoms with Gasteiger partial charge in [-0.3, -0.25) is 4.79 Å². The summed E-state index contributed by atoms with van der Waals surface area (Å²) in [7, 11) is 1.63. The lowest BCUT2D eigenvalue weighted by Crippen LogP contribution is -2.13. The third-order valence-corrected chi connectivity index (χ3v) is 3.31. The minimum Gasteiger partial charge on any atom is -0.494 e. The van der Waals surface area contributed by atoms with E-state index in [-0.39, 0.29) is 5.91 Å². The van der Waals surface area contributed by atoms with Crippen molar-refractivity contribution in [1.82, 2.24) is 0 Å². The molecule has 0 spiro atoms. The molecule has 2 aromatic carbocycles. The normalized spacial score (nSPS) is 10.3. The number of rotatable bonds is 8. The topological polar surface area (TPSA) is 56.8 Å². The Labute approximate surface area is 142 Å². The number of ether oxygens (including phenoxy) is 3. The maximum Gasteiger partial charge on any atom is 0.255 e. The van der Waals surface area contributed by atoms with Crippen LogP contribution in [0.25, 0.3) is 0 Å². The van der Waals surface area contributed by atoms with Gasteiger partial charge in [0.1, 0.15) is 11.5 Å². The first kappa shape index (κ1) is 17.8. The summed E-state index contributed by atoms with van der Waals surface area (Å²) in [6, 6.07) is 12.7. The van der Waals surface area contributed by atoms with E-state index in [0.29, 0.717) is 42.6 Å². The molecule has 0 heterocycles. The highest BCUT2D eigenvalue weighted by molar-refractivity contribution is 6.05. The van der Waals surface area contributed by atoms with Gasteiger partial charge in [-0.25, -0.2) is 0 Å². The molecule has 0 bridgehead atoms. The predicted octanol–water partition coefficient (Wildman–Crippen LogP) is 3.88. The zero-order valence-electron chi connectivity index (χ0n) is 14.3. The zero-order valence-corrected chi connectivity index (χ0v) is 14.3. The Kier molecular flexibility index (Phi) is 6.63. The number of benzene rings is 2. The molecular formula is C19H23NO4. The van der Waals surface area contributed by atoms with Gasteiger partial charge in [-0.2, -0.15) is 0 Å². The Balaban J connectivity index is 2.23. The van der Waals surface area contributed by atoms with Crippen LogP contribution >= 0.6 is 0 Å². The van der Waals surface area contributed by atoms with Gasteiger partial charge in [0.15, 0.2) is 0 Å². The van der Waals surface area contributed by atoms with Crippen LogP contribution in [0.15, 0.2) is 42.5 Å². The molecule has 0 aromatic heterocycles. The minimum atomic E-state index is -0.206. The van der Waals surface area contributed by atoms with Gasteiger partial charge >= 0.3 is 0 Å². The lowest BCUT2D eigenvalue weighted by molar-refractivity contribution is 0.102. The minimum absolute atomic E-state index is 0.206. The van der Waals surface area contributed by atoms with Crippen LogP contribution in [0.1, 0.15) is 29.8 Å². The molecule has 1 amide bonds. The Bertz CT molecular complexity index is 685. The average Bonchev–Trinajstić information content (AvgIpc) is 2.58. The summed E-state index contributed by atoms with van der Waals surface area (Å²) in [5.74, 6) is 1.09. The molecule has 0 atom stereocenters. The van der Waals surface area contributed by atoms with E-state index in [2.05, 4.69) is 5.32 Å². The lowest BCUT2D eigenvalue weighted by atomic mass is 10.1. The highest BCUT2D eigenvalue weighted by Gasteiger charge is 2.12. The van der Waals surface area contributed by atoms with E-state index >= 15 is 0 Å². The van der Waals surface area contributed by atoms with Gasteiger partial charge in [0, 0.05) is 18.7 Å². The van der Waals surface area contributed by atoms with Crippen molar-refractivity contribution in [3.63, 3.8) is 0 Å². The van der Waals surface area contributed by atoms with Gasteiger partial charge in [0.2, 0.25) is 0 Å². The number of anilines is 1. The lowest BCUT2D eigenvalue weighted by Gasteiger charge is -2.14. The second-order valence-electron chi connectivity index (χ2n) is 5.11. The van der Waals surface area contributed by atoms with Crippen LogP contribution in [-0.4, -0.2) is 26.2 Å². The fourth-order valence-electron chi connectivity index (χ4n) is 2.31. The van der Waals surface area contributed by atoms with Gasteiger partial charge in [-0.05, 0) is 43.7 Å². The molecule has 0 saturated heterocycles. The summed E-state index contributed by atoms with van der Waals surface area (Å²) in [4.78, 5) is 12.5. The molecule has 0 aliphatic heterocycles. The molecule has 2 aromatic rings. The van der Waals surface area contributed by atoms with Gasteiger partial charge < -0.3 is 19.5 Å². The van der Waals surface area contributed by atoms with E-state index in [9.17, 15) is 4.79 Å². The van der Waals surface area contributed by atoms with E-state index in [1.807, 2.05) is 38.1 Å². The SMILES string of the molecule is CCOc1ccc(OCC)c(NC(=O)c2cccc(COC)c2)c1. The molecule has 0 aliphatic rings. The number of carbonyl (C=O) groups is 1. The third kappa shape index (κ3) is 4.73. The number of nitrogens with one attached hydrogen (secondary N) is 1. The highest BCUT2D eigenvalue weighted by atomic mass is 16.5. The molecule has 5 nitrogen and oxygen atoms in total. The Morgan fingerprint density at radius 2 is 1.83 bits per heavy atom. The summed E-state index contributed by atoms with van der Waals surface area (Å²) in [6.45, 7) is 5.35. The zero-order chi connectivity index (χ0) is 17.4. The third-order valence-electron chi connectivity index (χ3n) is 3.31. The maximum atomic E-state index is 12.5. The molecule has 0 unspecified atom stereocenters. The maximum absolute atomic E-state index is 12.5. The Morgan fingerprint density at radius 1 is 1.04 bits per heavy atom. The molecule has 24 heavy (non-hydrogen) atoms. The fourth-order valence-corrected chi connectivity index (χ4v) is 2.31. The molecule has 0 fully saturated rings. The van der Waals surface area contributed by atoms with E-state index in [1.165, 1.54) is 0 Å². The van der Waals surface area contributed by atoms with Crippen LogP contribution in [0.2, 0.25) is 0 Å². The first-order valence-electron chi connectivity index (χ1n) is 7.96. The van der Waals surface area contributed by atoms with Crippen molar-refractivity contribution in [2.45, 2.75) is 20.5 Å². The number of amides is 1. The van der Waals surface area contributed by atoms with Crippen molar-refractivity contribution >= 4 is 11.6 Å². The summed E-state index contributed by atoms with van der Waals surface area (Å²) < 4.78 is 16.2. The van der Waals surface area contributed by atoms with Crippen LogP contribution in [-0.2, 0) is 11.3 Å². The van der Waals surface area contributed by atoms with Crippen LogP contribution in [0, 0.1) is 0 Å². The number of carbonyl (C=O) groups excluding carboxylic acids is 1. The molecule has 1 N–H and O–H groups in total. The molecule has 2 rings (SSSR count). The smallest absolute Gasteiger partial charge is 0.255 e. The molecule has 0 radical (unpaired) electrons. The molecule has 128 valence electrons. The van der Waals surface area contributed by atoms with Crippen molar-refractivity contribution in [1.29, 1.82) is 0 Å². The quantitative estimate of drug-likeness (QED) is 0.798.